The minimum absolute atomic E-state index is 0.106. The number of rotatable bonds is 5. The van der Waals surface area contributed by atoms with Crippen molar-refractivity contribution in [1.82, 2.24) is 9.59 Å². The normalized spacial score (nSPS) is 12.6. The highest BCUT2D eigenvalue weighted by Crippen LogP contribution is 2.26. The van der Waals surface area contributed by atoms with Gasteiger partial charge in [-0.2, -0.15) is 0 Å². The predicted molar refractivity (Wildman–Crippen MR) is 68.9 cm³/mol. The maximum absolute atomic E-state index is 13.5. The molecule has 0 aliphatic heterocycles. The number of hydrogen-bond acceptors (Lipinski definition) is 4. The number of hydrogen-bond donors (Lipinski definition) is 1. The van der Waals surface area contributed by atoms with Crippen LogP contribution in [-0.2, 0) is 12.8 Å². The Labute approximate surface area is 114 Å². The van der Waals surface area contributed by atoms with Crippen LogP contribution >= 0.6 is 11.5 Å². The fraction of sp³-hybridized carbons (Fsp3) is 0.385. The number of nitrogens with zero attached hydrogens (tertiary/aromatic N) is 2. The second-order valence-corrected chi connectivity index (χ2v) is 5.04. The first kappa shape index (κ1) is 14.0. The SMILES string of the molecule is CCCc1nnsc1C(O)Cc1c(F)cccc1F. The molecule has 2 aromatic rings. The van der Waals surface area contributed by atoms with Crippen LogP contribution in [0.1, 0.15) is 35.6 Å². The van der Waals surface area contributed by atoms with E-state index < -0.39 is 17.7 Å². The summed E-state index contributed by atoms with van der Waals surface area (Å²) in [5, 5.41) is 14.1. The minimum Gasteiger partial charge on any atom is -0.387 e. The molecule has 19 heavy (non-hydrogen) atoms. The number of aromatic nitrogens is 2. The van der Waals surface area contributed by atoms with Crippen LogP contribution in [0.2, 0.25) is 0 Å². The van der Waals surface area contributed by atoms with Gasteiger partial charge in [0, 0.05) is 12.0 Å². The molecular formula is C13H14F2N2OS. The molecule has 0 saturated heterocycles. The molecule has 2 rings (SSSR count). The van der Waals surface area contributed by atoms with Gasteiger partial charge in [-0.3, -0.25) is 0 Å². The average molecular weight is 284 g/mol. The highest BCUT2D eigenvalue weighted by atomic mass is 32.1. The second-order valence-electron chi connectivity index (χ2n) is 4.25. The van der Waals surface area contributed by atoms with E-state index in [0.717, 1.165) is 18.0 Å². The number of halogens is 2. The molecule has 1 unspecified atom stereocenters. The topological polar surface area (TPSA) is 46.0 Å². The van der Waals surface area contributed by atoms with Crippen molar-refractivity contribution in [2.24, 2.45) is 0 Å². The van der Waals surface area contributed by atoms with Gasteiger partial charge in [-0.05, 0) is 30.1 Å². The molecule has 1 atom stereocenters. The smallest absolute Gasteiger partial charge is 0.129 e. The fourth-order valence-electron chi connectivity index (χ4n) is 1.89. The lowest BCUT2D eigenvalue weighted by molar-refractivity contribution is 0.178. The Morgan fingerprint density at radius 3 is 2.63 bits per heavy atom. The van der Waals surface area contributed by atoms with Gasteiger partial charge in [0.1, 0.15) is 11.6 Å². The number of aliphatic hydroxyl groups is 1. The Morgan fingerprint density at radius 1 is 1.32 bits per heavy atom. The minimum atomic E-state index is -0.979. The summed E-state index contributed by atoms with van der Waals surface area (Å²) in [7, 11) is 0. The summed E-state index contributed by atoms with van der Waals surface area (Å²) in [4.78, 5) is 0.588. The van der Waals surface area contributed by atoms with Gasteiger partial charge < -0.3 is 5.11 Å². The number of benzene rings is 1. The van der Waals surface area contributed by atoms with Gasteiger partial charge in [-0.15, -0.1) is 5.10 Å². The molecule has 0 spiro atoms. The number of aliphatic hydroxyl groups excluding tert-OH is 1. The monoisotopic (exact) mass is 284 g/mol. The van der Waals surface area contributed by atoms with Crippen molar-refractivity contribution >= 4 is 11.5 Å². The Morgan fingerprint density at radius 2 is 2.00 bits per heavy atom. The molecule has 0 radical (unpaired) electrons. The molecule has 0 saturated carbocycles. The summed E-state index contributed by atoms with van der Waals surface area (Å²) < 4.78 is 30.8. The third kappa shape index (κ3) is 3.13. The lowest BCUT2D eigenvalue weighted by Crippen LogP contribution is -2.06. The Balaban J connectivity index is 2.21. The van der Waals surface area contributed by atoms with E-state index in [1.165, 1.54) is 18.2 Å². The first-order valence-corrected chi connectivity index (χ1v) is 6.83. The third-order valence-corrected chi connectivity index (χ3v) is 3.70. The van der Waals surface area contributed by atoms with E-state index in [9.17, 15) is 13.9 Å². The zero-order chi connectivity index (χ0) is 13.8. The van der Waals surface area contributed by atoms with Gasteiger partial charge >= 0.3 is 0 Å². The van der Waals surface area contributed by atoms with E-state index in [4.69, 9.17) is 0 Å². The Bertz CT molecular complexity index is 539. The Kier molecular flexibility index (Phi) is 4.55. The highest BCUT2D eigenvalue weighted by molar-refractivity contribution is 7.05. The van der Waals surface area contributed by atoms with Crippen LogP contribution in [0.4, 0.5) is 8.78 Å². The molecule has 6 heteroatoms. The quantitative estimate of drug-likeness (QED) is 0.918. The lowest BCUT2D eigenvalue weighted by atomic mass is 10.0. The molecule has 0 fully saturated rings. The molecule has 0 bridgehead atoms. The van der Waals surface area contributed by atoms with E-state index in [2.05, 4.69) is 9.59 Å². The van der Waals surface area contributed by atoms with E-state index in [1.807, 2.05) is 6.92 Å². The van der Waals surface area contributed by atoms with Crippen molar-refractivity contribution in [1.29, 1.82) is 0 Å². The molecule has 102 valence electrons. The van der Waals surface area contributed by atoms with Crippen LogP contribution in [0.3, 0.4) is 0 Å². The van der Waals surface area contributed by atoms with Crippen LogP contribution in [0.25, 0.3) is 0 Å². The van der Waals surface area contributed by atoms with Crippen molar-refractivity contribution < 1.29 is 13.9 Å². The number of aryl methyl sites for hydroxylation is 1. The second kappa shape index (κ2) is 6.16. The molecule has 0 aliphatic carbocycles. The van der Waals surface area contributed by atoms with Crippen LogP contribution in [0, 0.1) is 11.6 Å². The van der Waals surface area contributed by atoms with Crippen LogP contribution in [0.15, 0.2) is 18.2 Å². The first-order valence-electron chi connectivity index (χ1n) is 6.05. The molecule has 0 aliphatic rings. The molecule has 3 nitrogen and oxygen atoms in total. The average Bonchev–Trinajstić information content (AvgIpc) is 2.83. The van der Waals surface area contributed by atoms with Crippen LogP contribution in [-0.4, -0.2) is 14.7 Å². The zero-order valence-electron chi connectivity index (χ0n) is 10.4. The maximum Gasteiger partial charge on any atom is 0.129 e. The highest BCUT2D eigenvalue weighted by Gasteiger charge is 2.20. The molecule has 0 amide bonds. The van der Waals surface area contributed by atoms with Crippen molar-refractivity contribution in [2.45, 2.75) is 32.3 Å². The standard InChI is InChI=1S/C13H14F2N2OS/c1-2-4-11-13(19-17-16-11)12(18)7-8-9(14)5-3-6-10(8)15/h3,5-6,12,18H,2,4,7H2,1H3. The molecule has 1 N–H and O–H groups in total. The summed E-state index contributed by atoms with van der Waals surface area (Å²) in [6.45, 7) is 1.99. The van der Waals surface area contributed by atoms with Gasteiger partial charge in [-0.1, -0.05) is 23.9 Å². The molecule has 1 aromatic heterocycles. The van der Waals surface area contributed by atoms with Crippen molar-refractivity contribution in [3.63, 3.8) is 0 Å². The zero-order valence-corrected chi connectivity index (χ0v) is 11.3. The predicted octanol–water partition coefficient (Wildman–Crippen LogP) is 3.04. The Hall–Kier alpha value is -1.40. The summed E-state index contributed by atoms with van der Waals surface area (Å²) in [5.74, 6) is -1.29. The third-order valence-electron chi connectivity index (χ3n) is 2.83. The van der Waals surface area contributed by atoms with Gasteiger partial charge in [0.15, 0.2) is 0 Å². The first-order chi connectivity index (χ1) is 9.13. The summed E-state index contributed by atoms with van der Waals surface area (Å²) in [6, 6.07) is 3.67. The van der Waals surface area contributed by atoms with Gasteiger partial charge in [0.05, 0.1) is 16.7 Å². The molecule has 1 aromatic carbocycles. The van der Waals surface area contributed by atoms with Crippen molar-refractivity contribution in [3.05, 3.63) is 46.0 Å². The van der Waals surface area contributed by atoms with E-state index >= 15 is 0 Å². The molecular weight excluding hydrogens is 270 g/mol. The van der Waals surface area contributed by atoms with Gasteiger partial charge in [0.25, 0.3) is 0 Å². The van der Waals surface area contributed by atoms with E-state index in [1.54, 1.807) is 0 Å². The van der Waals surface area contributed by atoms with Crippen molar-refractivity contribution in [2.75, 3.05) is 0 Å². The molecule has 1 heterocycles. The van der Waals surface area contributed by atoms with Crippen LogP contribution in [0.5, 0.6) is 0 Å². The van der Waals surface area contributed by atoms with E-state index in [0.29, 0.717) is 17.0 Å². The van der Waals surface area contributed by atoms with Gasteiger partial charge in [-0.25, -0.2) is 8.78 Å². The van der Waals surface area contributed by atoms with Gasteiger partial charge in [0.2, 0.25) is 0 Å². The van der Waals surface area contributed by atoms with Crippen LogP contribution < -0.4 is 0 Å². The maximum atomic E-state index is 13.5. The fourth-order valence-corrected chi connectivity index (χ4v) is 2.57. The summed E-state index contributed by atoms with van der Waals surface area (Å²) in [6.07, 6.45) is 0.481. The van der Waals surface area contributed by atoms with Crippen molar-refractivity contribution in [3.8, 4) is 0 Å². The summed E-state index contributed by atoms with van der Waals surface area (Å²) >= 11 is 1.07. The lowest BCUT2D eigenvalue weighted by Gasteiger charge is -2.11. The summed E-state index contributed by atoms with van der Waals surface area (Å²) in [5.41, 5.74) is 0.600. The largest absolute Gasteiger partial charge is 0.387 e. The van der Waals surface area contributed by atoms with E-state index in [-0.39, 0.29) is 12.0 Å².